The van der Waals surface area contributed by atoms with Gasteiger partial charge in [0.25, 0.3) is 0 Å². The third-order valence-electron chi connectivity index (χ3n) is 4.90. The molecule has 2 aliphatic rings. The molecule has 0 atom stereocenters. The molecule has 1 saturated carbocycles. The number of urea groups is 1. The maximum absolute atomic E-state index is 13.0. The summed E-state index contributed by atoms with van der Waals surface area (Å²) in [6.45, 7) is 6.09. The van der Waals surface area contributed by atoms with Gasteiger partial charge in [-0.1, -0.05) is 18.7 Å². The first kappa shape index (κ1) is 19.1. The van der Waals surface area contributed by atoms with Crippen LogP contribution in [0.15, 0.2) is 48.8 Å². The molecule has 29 heavy (non-hydrogen) atoms. The van der Waals surface area contributed by atoms with Crippen LogP contribution in [0.25, 0.3) is 0 Å². The summed E-state index contributed by atoms with van der Waals surface area (Å²) in [6.07, 6.45) is -1.67. The Morgan fingerprint density at radius 1 is 1.31 bits per heavy atom. The van der Waals surface area contributed by atoms with E-state index in [1.165, 1.54) is 17.0 Å². The number of nitrogens with zero attached hydrogens (tertiary/aromatic N) is 2. The van der Waals surface area contributed by atoms with Crippen LogP contribution in [0.2, 0.25) is 0 Å². The summed E-state index contributed by atoms with van der Waals surface area (Å²) in [5.41, 5.74) is 2.44. The van der Waals surface area contributed by atoms with E-state index in [9.17, 15) is 18.0 Å². The molecule has 2 heterocycles. The van der Waals surface area contributed by atoms with Gasteiger partial charge in [-0.3, -0.25) is 4.90 Å². The van der Waals surface area contributed by atoms with Crippen molar-refractivity contribution in [3.63, 3.8) is 0 Å². The number of alkyl halides is 3. The number of halogens is 3. The summed E-state index contributed by atoms with van der Waals surface area (Å²) in [7, 11) is 0. The molecule has 4 rings (SSSR count). The van der Waals surface area contributed by atoms with E-state index in [0.29, 0.717) is 30.0 Å². The van der Waals surface area contributed by atoms with Crippen molar-refractivity contribution in [3.8, 4) is 5.75 Å². The first-order valence-electron chi connectivity index (χ1n) is 9.03. The second kappa shape index (κ2) is 6.68. The Kier molecular flexibility index (Phi) is 4.40. The van der Waals surface area contributed by atoms with Gasteiger partial charge in [0.2, 0.25) is 0 Å². The Hall–Kier alpha value is -3.23. The Morgan fingerprint density at radius 3 is 2.62 bits per heavy atom. The molecule has 1 aliphatic carbocycles. The van der Waals surface area contributed by atoms with Gasteiger partial charge >= 0.3 is 12.4 Å². The molecule has 0 bridgehead atoms. The zero-order valence-corrected chi connectivity index (χ0v) is 15.6. The maximum Gasteiger partial charge on any atom is 0.573 e. The van der Waals surface area contributed by atoms with Crippen LogP contribution in [-0.2, 0) is 5.54 Å². The predicted molar refractivity (Wildman–Crippen MR) is 102 cm³/mol. The number of benzene rings is 1. The highest BCUT2D eigenvalue weighted by Crippen LogP contribution is 2.46. The third kappa shape index (κ3) is 3.98. The van der Waals surface area contributed by atoms with Crippen molar-refractivity contribution in [3.05, 3.63) is 59.9 Å². The summed E-state index contributed by atoms with van der Waals surface area (Å²) in [5, 5.41) is 6.15. The second-order valence-corrected chi connectivity index (χ2v) is 7.28. The van der Waals surface area contributed by atoms with Crippen molar-refractivity contribution in [2.45, 2.75) is 31.7 Å². The molecule has 2 N–H and O–H groups in total. The smallest absolute Gasteiger partial charge is 0.406 e. The summed E-state index contributed by atoms with van der Waals surface area (Å²) < 4.78 is 40.9. The minimum Gasteiger partial charge on any atom is -0.406 e. The fraction of sp³-hybridized carbons (Fsp3) is 0.300. The lowest BCUT2D eigenvalue weighted by Gasteiger charge is -2.32. The van der Waals surface area contributed by atoms with Crippen molar-refractivity contribution < 1.29 is 22.7 Å². The number of fused-ring (bicyclic) bond motifs is 1. The molecule has 0 unspecified atom stereocenters. The van der Waals surface area contributed by atoms with Gasteiger partial charge in [-0.15, -0.1) is 13.2 Å². The Balaban J connectivity index is 1.52. The number of hydrogen-bond donors (Lipinski definition) is 2. The summed E-state index contributed by atoms with van der Waals surface area (Å²) in [6, 6.07) is 7.14. The average molecular weight is 404 g/mol. The van der Waals surface area contributed by atoms with E-state index < -0.39 is 11.9 Å². The van der Waals surface area contributed by atoms with Crippen LogP contribution >= 0.6 is 0 Å². The normalized spacial score (nSPS) is 17.2. The van der Waals surface area contributed by atoms with Crippen LogP contribution in [-0.4, -0.2) is 23.9 Å². The van der Waals surface area contributed by atoms with Crippen molar-refractivity contribution in [1.29, 1.82) is 0 Å². The Morgan fingerprint density at radius 2 is 2.00 bits per heavy atom. The van der Waals surface area contributed by atoms with E-state index >= 15 is 0 Å². The highest BCUT2D eigenvalue weighted by molar-refractivity contribution is 5.97. The maximum atomic E-state index is 13.0. The number of anilines is 2. The molecule has 2 amide bonds. The number of ether oxygens (including phenoxy) is 1. The largest absolute Gasteiger partial charge is 0.573 e. The zero-order chi connectivity index (χ0) is 20.8. The van der Waals surface area contributed by atoms with E-state index in [1.807, 2.05) is 13.0 Å². The fourth-order valence-corrected chi connectivity index (χ4v) is 3.39. The summed E-state index contributed by atoms with van der Waals surface area (Å²) in [4.78, 5) is 18.9. The first-order chi connectivity index (χ1) is 13.7. The van der Waals surface area contributed by atoms with Gasteiger partial charge in [0.05, 0.1) is 17.8 Å². The number of carbonyl (C=O) groups excluding carboxylic acids is 1. The van der Waals surface area contributed by atoms with Crippen molar-refractivity contribution in [1.82, 2.24) is 10.3 Å². The summed E-state index contributed by atoms with van der Waals surface area (Å²) >= 11 is 0. The van der Waals surface area contributed by atoms with Gasteiger partial charge in [0, 0.05) is 11.9 Å². The molecule has 9 heteroatoms. The molecule has 0 spiro atoms. The lowest BCUT2D eigenvalue weighted by Crippen LogP contribution is -2.48. The van der Waals surface area contributed by atoms with Crippen LogP contribution in [0.3, 0.4) is 0 Å². The molecule has 1 aliphatic heterocycles. The molecule has 0 radical (unpaired) electrons. The van der Waals surface area contributed by atoms with Crippen LogP contribution < -0.4 is 20.3 Å². The number of carbonyl (C=O) groups is 1. The van der Waals surface area contributed by atoms with Crippen LogP contribution in [0.4, 0.5) is 29.5 Å². The molecular formula is C20H19F3N4O2. The average Bonchev–Trinajstić information content (AvgIpc) is 3.40. The minimum absolute atomic E-state index is 0.267. The molecule has 2 aromatic rings. The molecule has 0 saturated heterocycles. The van der Waals surface area contributed by atoms with Crippen LogP contribution in [0, 0.1) is 6.92 Å². The monoisotopic (exact) mass is 404 g/mol. The fourth-order valence-electron chi connectivity index (χ4n) is 3.39. The SMILES string of the molecule is C=C1CN(C(=O)NC2(c3ccc(OC(F)(F)F)cc3)CC2)c2ncc(C)cc2N1. The summed E-state index contributed by atoms with van der Waals surface area (Å²) in [5.74, 6) is 0.209. The molecule has 1 aromatic heterocycles. The van der Waals surface area contributed by atoms with Crippen molar-refractivity contribution >= 4 is 17.5 Å². The van der Waals surface area contributed by atoms with Gasteiger partial charge < -0.3 is 15.4 Å². The Bertz CT molecular complexity index is 969. The lowest BCUT2D eigenvalue weighted by atomic mass is 10.0. The highest BCUT2D eigenvalue weighted by atomic mass is 19.4. The minimum atomic E-state index is -4.74. The van der Waals surface area contributed by atoms with Gasteiger partial charge in [-0.05, 0) is 49.1 Å². The quantitative estimate of drug-likeness (QED) is 0.794. The lowest BCUT2D eigenvalue weighted by molar-refractivity contribution is -0.274. The number of rotatable bonds is 3. The Labute approximate surface area is 165 Å². The van der Waals surface area contributed by atoms with Gasteiger partial charge in [-0.2, -0.15) is 0 Å². The standard InChI is InChI=1S/C20H19F3N4O2/c1-12-9-16-17(24-10-12)27(11-13(2)25-16)18(28)26-19(7-8-19)14-3-5-15(6-4-14)29-20(21,22)23/h3-6,9-10,25H,2,7-8,11H2,1H3,(H,26,28). The number of aryl methyl sites for hydroxylation is 1. The van der Waals surface area contributed by atoms with E-state index in [1.54, 1.807) is 18.3 Å². The molecule has 1 fully saturated rings. The first-order valence-corrected chi connectivity index (χ1v) is 9.03. The zero-order valence-electron chi connectivity index (χ0n) is 15.6. The molecule has 6 nitrogen and oxygen atoms in total. The number of amides is 2. The second-order valence-electron chi connectivity index (χ2n) is 7.28. The van der Waals surface area contributed by atoms with Gasteiger partial charge in [0.1, 0.15) is 5.75 Å². The highest BCUT2D eigenvalue weighted by Gasteiger charge is 2.47. The van der Waals surface area contributed by atoms with Crippen molar-refractivity contribution in [2.75, 3.05) is 16.8 Å². The number of aromatic nitrogens is 1. The number of nitrogens with one attached hydrogen (secondary N) is 2. The molecular weight excluding hydrogens is 385 g/mol. The van der Waals surface area contributed by atoms with E-state index in [2.05, 4.69) is 26.9 Å². The molecule has 1 aromatic carbocycles. The van der Waals surface area contributed by atoms with E-state index in [-0.39, 0.29) is 18.3 Å². The molecule has 152 valence electrons. The van der Waals surface area contributed by atoms with Crippen LogP contribution in [0.5, 0.6) is 5.75 Å². The topological polar surface area (TPSA) is 66.5 Å². The number of hydrogen-bond acceptors (Lipinski definition) is 4. The predicted octanol–water partition coefficient (Wildman–Crippen LogP) is 4.43. The van der Waals surface area contributed by atoms with Crippen LogP contribution in [0.1, 0.15) is 24.0 Å². The van der Waals surface area contributed by atoms with E-state index in [4.69, 9.17) is 0 Å². The van der Waals surface area contributed by atoms with Crippen molar-refractivity contribution in [2.24, 2.45) is 0 Å². The van der Waals surface area contributed by atoms with Gasteiger partial charge in [0.15, 0.2) is 5.82 Å². The third-order valence-corrected chi connectivity index (χ3v) is 4.90. The van der Waals surface area contributed by atoms with E-state index in [0.717, 1.165) is 11.1 Å². The van der Waals surface area contributed by atoms with Gasteiger partial charge in [-0.25, -0.2) is 9.78 Å². The number of pyridine rings is 1.